The van der Waals surface area contributed by atoms with E-state index in [1.54, 1.807) is 6.07 Å². The predicted octanol–water partition coefficient (Wildman–Crippen LogP) is 4.49. The largest absolute Gasteiger partial charge is 0.352 e. The van der Waals surface area contributed by atoms with Crippen molar-refractivity contribution < 1.29 is 18.0 Å². The van der Waals surface area contributed by atoms with Gasteiger partial charge in [0, 0.05) is 30.5 Å². The van der Waals surface area contributed by atoms with Crippen molar-refractivity contribution in [2.75, 3.05) is 29.0 Å². The second-order valence-electron chi connectivity index (χ2n) is 6.74. The monoisotopic (exact) mass is 430 g/mol. The van der Waals surface area contributed by atoms with Crippen LogP contribution in [0.4, 0.5) is 41.1 Å². The van der Waals surface area contributed by atoms with Gasteiger partial charge in [0.2, 0.25) is 5.95 Å². The van der Waals surface area contributed by atoms with Crippen LogP contribution in [0.2, 0.25) is 0 Å². The van der Waals surface area contributed by atoms with Crippen LogP contribution in [0.15, 0.2) is 42.5 Å². The van der Waals surface area contributed by atoms with E-state index in [4.69, 9.17) is 0 Å². The van der Waals surface area contributed by atoms with Crippen molar-refractivity contribution in [3.05, 3.63) is 71.2 Å². The molecule has 1 aromatic heterocycles. The number of amides is 2. The lowest BCUT2D eigenvalue weighted by molar-refractivity contribution is 0.252. The van der Waals surface area contributed by atoms with Gasteiger partial charge in [-0.3, -0.25) is 0 Å². The van der Waals surface area contributed by atoms with Gasteiger partial charge in [-0.2, -0.15) is 4.98 Å². The molecule has 1 heterocycles. The molecule has 0 atom stereocenters. The molecule has 3 aromatic rings. The smallest absolute Gasteiger partial charge is 0.319 e. The molecule has 2 aromatic carbocycles. The van der Waals surface area contributed by atoms with Crippen LogP contribution in [0.3, 0.4) is 0 Å². The lowest BCUT2D eigenvalue weighted by atomic mass is 10.2. The van der Waals surface area contributed by atoms with Crippen molar-refractivity contribution in [2.45, 2.75) is 13.8 Å². The van der Waals surface area contributed by atoms with E-state index in [9.17, 15) is 18.0 Å². The van der Waals surface area contributed by atoms with E-state index >= 15 is 0 Å². The number of aryl methyl sites for hydroxylation is 2. The Kier molecular flexibility index (Phi) is 6.91. The topological polar surface area (TPSA) is 91.0 Å². The maximum atomic E-state index is 13.6. The lowest BCUT2D eigenvalue weighted by Gasteiger charge is -2.11. The molecule has 162 valence electrons. The normalized spacial score (nSPS) is 10.5. The number of rotatable bonds is 7. The van der Waals surface area contributed by atoms with Crippen molar-refractivity contribution in [3.63, 3.8) is 0 Å². The fourth-order valence-corrected chi connectivity index (χ4v) is 2.64. The minimum Gasteiger partial charge on any atom is -0.352 e. The first-order valence-corrected chi connectivity index (χ1v) is 9.43. The molecule has 31 heavy (non-hydrogen) atoms. The molecular formula is C21H21F3N6O. The van der Waals surface area contributed by atoms with Gasteiger partial charge in [-0.15, -0.1) is 0 Å². The highest BCUT2D eigenvalue weighted by Crippen LogP contribution is 2.19. The van der Waals surface area contributed by atoms with Gasteiger partial charge in [-0.05, 0) is 38.1 Å². The van der Waals surface area contributed by atoms with Gasteiger partial charge in [-0.1, -0.05) is 17.7 Å². The molecule has 10 heteroatoms. The Morgan fingerprint density at radius 3 is 2.42 bits per heavy atom. The van der Waals surface area contributed by atoms with Gasteiger partial charge >= 0.3 is 6.03 Å². The molecule has 0 saturated heterocycles. The maximum absolute atomic E-state index is 13.6. The van der Waals surface area contributed by atoms with Gasteiger partial charge in [0.05, 0.1) is 5.69 Å². The number of carbonyl (C=O) groups is 1. The number of anilines is 4. The van der Waals surface area contributed by atoms with Crippen LogP contribution in [-0.2, 0) is 0 Å². The molecule has 0 unspecified atom stereocenters. The van der Waals surface area contributed by atoms with E-state index in [0.717, 1.165) is 29.1 Å². The molecule has 2 amide bonds. The number of benzene rings is 2. The van der Waals surface area contributed by atoms with Crippen LogP contribution >= 0.6 is 0 Å². The third kappa shape index (κ3) is 6.08. The zero-order valence-corrected chi connectivity index (χ0v) is 16.9. The van der Waals surface area contributed by atoms with Gasteiger partial charge in [0.1, 0.15) is 5.82 Å². The average molecular weight is 430 g/mol. The van der Waals surface area contributed by atoms with Crippen LogP contribution in [0.25, 0.3) is 0 Å². The maximum Gasteiger partial charge on any atom is 0.319 e. The summed E-state index contributed by atoms with van der Waals surface area (Å²) in [5.41, 5.74) is 2.32. The molecule has 0 aliphatic heterocycles. The van der Waals surface area contributed by atoms with Gasteiger partial charge in [-0.25, -0.2) is 22.9 Å². The summed E-state index contributed by atoms with van der Waals surface area (Å²) in [4.78, 5) is 20.5. The summed E-state index contributed by atoms with van der Waals surface area (Å²) in [6.07, 6.45) is 0. The second kappa shape index (κ2) is 9.79. The number of urea groups is 1. The van der Waals surface area contributed by atoms with E-state index < -0.39 is 29.2 Å². The minimum atomic E-state index is -1.65. The number of halogens is 3. The van der Waals surface area contributed by atoms with Crippen LogP contribution in [0, 0.1) is 31.3 Å². The lowest BCUT2D eigenvalue weighted by Crippen LogP contribution is -2.33. The zero-order valence-electron chi connectivity index (χ0n) is 16.9. The number of hydrogen-bond acceptors (Lipinski definition) is 5. The van der Waals surface area contributed by atoms with E-state index in [1.807, 2.05) is 38.1 Å². The summed E-state index contributed by atoms with van der Waals surface area (Å²) in [5, 5.41) is 10.8. The third-order valence-corrected chi connectivity index (χ3v) is 4.16. The summed E-state index contributed by atoms with van der Waals surface area (Å²) in [6.45, 7) is 4.26. The Morgan fingerprint density at radius 1 is 0.935 bits per heavy atom. The number of nitrogens with one attached hydrogen (secondary N) is 4. The summed E-state index contributed by atoms with van der Waals surface area (Å²) < 4.78 is 39.7. The van der Waals surface area contributed by atoms with Gasteiger partial charge < -0.3 is 21.3 Å². The number of nitrogens with zero attached hydrogens (tertiary/aromatic N) is 2. The molecule has 0 radical (unpaired) electrons. The molecule has 7 nitrogen and oxygen atoms in total. The van der Waals surface area contributed by atoms with Gasteiger partial charge in [0.15, 0.2) is 17.5 Å². The molecule has 0 spiro atoms. The summed E-state index contributed by atoms with van der Waals surface area (Å²) in [5.74, 6) is -3.47. The van der Waals surface area contributed by atoms with E-state index in [1.165, 1.54) is 0 Å². The first-order valence-electron chi connectivity index (χ1n) is 9.43. The molecule has 0 saturated carbocycles. The molecule has 0 bridgehead atoms. The van der Waals surface area contributed by atoms with Crippen LogP contribution in [0.1, 0.15) is 11.3 Å². The fourth-order valence-electron chi connectivity index (χ4n) is 2.64. The SMILES string of the molecule is Cc1ccc(Nc2cc(C)nc(NCCNC(=O)Nc3ccc(F)c(F)c3F)n2)cc1. The van der Waals surface area contributed by atoms with Crippen molar-refractivity contribution in [1.29, 1.82) is 0 Å². The molecule has 3 rings (SSSR count). The average Bonchev–Trinajstić information content (AvgIpc) is 2.73. The minimum absolute atomic E-state index is 0.148. The Balaban J connectivity index is 1.50. The Morgan fingerprint density at radius 2 is 1.68 bits per heavy atom. The molecule has 0 aliphatic carbocycles. The Hall–Kier alpha value is -3.82. The van der Waals surface area contributed by atoms with Crippen LogP contribution in [0.5, 0.6) is 0 Å². The van der Waals surface area contributed by atoms with E-state index in [2.05, 4.69) is 31.2 Å². The quantitative estimate of drug-likeness (QED) is 0.328. The first-order chi connectivity index (χ1) is 14.8. The van der Waals surface area contributed by atoms with Crippen LogP contribution < -0.4 is 21.3 Å². The highest BCUT2D eigenvalue weighted by molar-refractivity contribution is 5.89. The second-order valence-corrected chi connectivity index (χ2v) is 6.74. The van der Waals surface area contributed by atoms with Gasteiger partial charge in [0.25, 0.3) is 0 Å². The van der Waals surface area contributed by atoms with Crippen molar-refractivity contribution in [3.8, 4) is 0 Å². The Labute approximate surface area is 177 Å². The van der Waals surface area contributed by atoms with Crippen molar-refractivity contribution in [1.82, 2.24) is 15.3 Å². The standard InChI is InChI=1S/C21H21F3N6O/c1-12-3-5-14(6-4-12)28-17-11-13(2)27-20(30-17)25-9-10-26-21(31)29-16-8-7-15(22)18(23)19(16)24/h3-8,11H,9-10H2,1-2H3,(H2,26,29,31)(H2,25,27,28,30). The van der Waals surface area contributed by atoms with Crippen LogP contribution in [-0.4, -0.2) is 29.1 Å². The number of aromatic nitrogens is 2. The van der Waals surface area contributed by atoms with E-state index in [-0.39, 0.29) is 13.1 Å². The molecule has 0 fully saturated rings. The fraction of sp³-hybridized carbons (Fsp3) is 0.190. The Bertz CT molecular complexity index is 1080. The van der Waals surface area contributed by atoms with E-state index in [0.29, 0.717) is 11.8 Å². The predicted molar refractivity (Wildman–Crippen MR) is 113 cm³/mol. The summed E-state index contributed by atoms with van der Waals surface area (Å²) in [7, 11) is 0. The number of hydrogen-bond donors (Lipinski definition) is 4. The first kappa shape index (κ1) is 21.9. The zero-order chi connectivity index (χ0) is 22.4. The summed E-state index contributed by atoms with van der Waals surface area (Å²) >= 11 is 0. The highest BCUT2D eigenvalue weighted by atomic mass is 19.2. The molecule has 0 aliphatic rings. The van der Waals surface area contributed by atoms with Crippen molar-refractivity contribution in [2.24, 2.45) is 0 Å². The highest BCUT2D eigenvalue weighted by Gasteiger charge is 2.15. The third-order valence-electron chi connectivity index (χ3n) is 4.16. The summed E-state index contributed by atoms with van der Waals surface area (Å²) in [6, 6.07) is 10.6. The molecule has 4 N–H and O–H groups in total. The molecular weight excluding hydrogens is 409 g/mol. The number of carbonyl (C=O) groups excluding carboxylic acids is 1. The van der Waals surface area contributed by atoms with Crippen molar-refractivity contribution >= 4 is 29.2 Å².